The highest BCUT2D eigenvalue weighted by molar-refractivity contribution is 5.92. The summed E-state index contributed by atoms with van der Waals surface area (Å²) in [7, 11) is 0. The van der Waals surface area contributed by atoms with Crippen molar-refractivity contribution >= 4 is 11.6 Å². The molecule has 26 heavy (non-hydrogen) atoms. The predicted octanol–water partition coefficient (Wildman–Crippen LogP) is 2.35. The molecule has 0 atom stereocenters. The minimum absolute atomic E-state index is 0.161. The van der Waals surface area contributed by atoms with Gasteiger partial charge in [0.05, 0.1) is 25.1 Å². The van der Waals surface area contributed by atoms with E-state index in [0.29, 0.717) is 25.5 Å². The van der Waals surface area contributed by atoms with Crippen molar-refractivity contribution in [1.29, 1.82) is 0 Å². The highest BCUT2D eigenvalue weighted by atomic mass is 16.7. The lowest BCUT2D eigenvalue weighted by molar-refractivity contribution is -0.169. The van der Waals surface area contributed by atoms with Crippen molar-refractivity contribution < 1.29 is 14.3 Å². The first kappa shape index (κ1) is 17.0. The molecule has 0 aliphatic carbocycles. The standard InChI is InChI=1S/C20H23N3O3/c24-19(22-14-16-4-2-1-3-5-16)18-7-6-17(15-21-18)23-10-8-20(9-11-23)25-12-13-26-20/h1-7,15H,8-14H2,(H,22,24). The Labute approximate surface area is 153 Å². The Bertz CT molecular complexity index is 733. The topological polar surface area (TPSA) is 63.7 Å². The Morgan fingerprint density at radius 3 is 2.46 bits per heavy atom. The molecule has 136 valence electrons. The number of hydrogen-bond donors (Lipinski definition) is 1. The molecular formula is C20H23N3O3. The molecule has 4 rings (SSSR count). The van der Waals surface area contributed by atoms with Crippen LogP contribution in [-0.4, -0.2) is 43.0 Å². The molecule has 1 aromatic heterocycles. The number of nitrogens with zero attached hydrogens (tertiary/aromatic N) is 2. The van der Waals surface area contributed by atoms with Gasteiger partial charge in [-0.1, -0.05) is 30.3 Å². The van der Waals surface area contributed by atoms with Gasteiger partial charge in [-0.15, -0.1) is 0 Å². The Balaban J connectivity index is 1.32. The summed E-state index contributed by atoms with van der Waals surface area (Å²) in [4.78, 5) is 18.9. The molecular weight excluding hydrogens is 330 g/mol. The monoisotopic (exact) mass is 353 g/mol. The van der Waals surface area contributed by atoms with Gasteiger partial charge in [0.1, 0.15) is 5.69 Å². The molecule has 3 heterocycles. The number of piperidine rings is 1. The minimum Gasteiger partial charge on any atom is -0.370 e. The molecule has 1 aromatic carbocycles. The molecule has 0 radical (unpaired) electrons. The Hall–Kier alpha value is -2.44. The second-order valence-electron chi connectivity index (χ2n) is 6.66. The number of hydrogen-bond acceptors (Lipinski definition) is 5. The van der Waals surface area contributed by atoms with E-state index >= 15 is 0 Å². The highest BCUT2D eigenvalue weighted by Crippen LogP contribution is 2.32. The molecule has 1 N–H and O–H groups in total. The van der Waals surface area contributed by atoms with E-state index in [9.17, 15) is 4.79 Å². The maximum Gasteiger partial charge on any atom is 0.270 e. The number of ether oxygens (including phenoxy) is 2. The van der Waals surface area contributed by atoms with Crippen LogP contribution in [0.15, 0.2) is 48.7 Å². The van der Waals surface area contributed by atoms with E-state index in [-0.39, 0.29) is 11.7 Å². The quantitative estimate of drug-likeness (QED) is 0.914. The van der Waals surface area contributed by atoms with E-state index in [1.54, 1.807) is 12.3 Å². The number of carbonyl (C=O) groups is 1. The smallest absolute Gasteiger partial charge is 0.270 e. The fourth-order valence-corrected chi connectivity index (χ4v) is 3.47. The first-order valence-corrected chi connectivity index (χ1v) is 9.05. The summed E-state index contributed by atoms with van der Waals surface area (Å²) < 4.78 is 11.5. The first-order valence-electron chi connectivity index (χ1n) is 9.05. The molecule has 2 aliphatic rings. The molecule has 0 bridgehead atoms. The van der Waals surface area contributed by atoms with E-state index < -0.39 is 0 Å². The van der Waals surface area contributed by atoms with Gasteiger partial charge in [0.25, 0.3) is 5.91 Å². The number of benzene rings is 1. The molecule has 1 spiro atoms. The lowest BCUT2D eigenvalue weighted by Crippen LogP contribution is -2.45. The first-order chi connectivity index (χ1) is 12.7. The van der Waals surface area contributed by atoms with Crippen molar-refractivity contribution in [2.75, 3.05) is 31.2 Å². The van der Waals surface area contributed by atoms with Crippen LogP contribution < -0.4 is 10.2 Å². The van der Waals surface area contributed by atoms with Gasteiger partial charge in [-0.25, -0.2) is 4.98 Å². The van der Waals surface area contributed by atoms with Gasteiger partial charge in [-0.3, -0.25) is 4.79 Å². The van der Waals surface area contributed by atoms with Gasteiger partial charge in [0.2, 0.25) is 0 Å². The molecule has 1 amide bonds. The number of pyridine rings is 1. The van der Waals surface area contributed by atoms with Crippen molar-refractivity contribution in [3.8, 4) is 0 Å². The van der Waals surface area contributed by atoms with Crippen LogP contribution in [0, 0.1) is 0 Å². The Morgan fingerprint density at radius 2 is 1.81 bits per heavy atom. The van der Waals surface area contributed by atoms with Gasteiger partial charge in [0, 0.05) is 32.5 Å². The fourth-order valence-electron chi connectivity index (χ4n) is 3.47. The van der Waals surface area contributed by atoms with E-state index in [4.69, 9.17) is 9.47 Å². The predicted molar refractivity (Wildman–Crippen MR) is 97.9 cm³/mol. The highest BCUT2D eigenvalue weighted by Gasteiger charge is 2.39. The van der Waals surface area contributed by atoms with E-state index in [2.05, 4.69) is 15.2 Å². The molecule has 2 aliphatic heterocycles. The summed E-state index contributed by atoms with van der Waals surface area (Å²) in [5.74, 6) is -0.535. The van der Waals surface area contributed by atoms with Gasteiger partial charge >= 0.3 is 0 Å². The van der Waals surface area contributed by atoms with Crippen LogP contribution in [0.3, 0.4) is 0 Å². The average molecular weight is 353 g/mol. The number of aromatic nitrogens is 1. The maximum atomic E-state index is 12.3. The van der Waals surface area contributed by atoms with Crippen LogP contribution in [0.5, 0.6) is 0 Å². The summed E-state index contributed by atoms with van der Waals surface area (Å²) in [6.07, 6.45) is 3.48. The maximum absolute atomic E-state index is 12.3. The number of rotatable bonds is 4. The van der Waals surface area contributed by atoms with Crippen LogP contribution in [-0.2, 0) is 16.0 Å². The zero-order valence-corrected chi connectivity index (χ0v) is 14.7. The minimum atomic E-state index is -0.374. The second kappa shape index (κ2) is 7.43. The molecule has 0 saturated carbocycles. The summed E-state index contributed by atoms with van der Waals surface area (Å²) in [6, 6.07) is 13.6. The van der Waals surface area contributed by atoms with Crippen LogP contribution >= 0.6 is 0 Å². The molecule has 0 unspecified atom stereocenters. The van der Waals surface area contributed by atoms with Gasteiger partial charge < -0.3 is 19.7 Å². The zero-order chi connectivity index (χ0) is 17.8. The fraction of sp³-hybridized carbons (Fsp3) is 0.400. The molecule has 6 nitrogen and oxygen atoms in total. The number of amides is 1. The van der Waals surface area contributed by atoms with Crippen LogP contribution in [0.2, 0.25) is 0 Å². The number of nitrogens with one attached hydrogen (secondary N) is 1. The Kier molecular flexibility index (Phi) is 4.86. The van der Waals surface area contributed by atoms with Gasteiger partial charge in [-0.05, 0) is 17.7 Å². The van der Waals surface area contributed by atoms with Crippen LogP contribution in [0.4, 0.5) is 5.69 Å². The SMILES string of the molecule is O=C(NCc1ccccc1)c1ccc(N2CCC3(CC2)OCCO3)cn1. The van der Waals surface area contributed by atoms with Crippen molar-refractivity contribution in [2.45, 2.75) is 25.2 Å². The lowest BCUT2D eigenvalue weighted by Gasteiger charge is -2.38. The second-order valence-corrected chi connectivity index (χ2v) is 6.66. The normalized spacial score (nSPS) is 18.8. The van der Waals surface area contributed by atoms with Crippen molar-refractivity contribution in [3.63, 3.8) is 0 Å². The summed E-state index contributed by atoms with van der Waals surface area (Å²) in [5, 5.41) is 2.90. The summed E-state index contributed by atoms with van der Waals surface area (Å²) >= 11 is 0. The number of carbonyl (C=O) groups excluding carboxylic acids is 1. The van der Waals surface area contributed by atoms with E-state index in [1.165, 1.54) is 0 Å². The van der Waals surface area contributed by atoms with Crippen molar-refractivity contribution in [1.82, 2.24) is 10.3 Å². The van der Waals surface area contributed by atoms with Gasteiger partial charge in [-0.2, -0.15) is 0 Å². The Morgan fingerprint density at radius 1 is 1.08 bits per heavy atom. The average Bonchev–Trinajstić information content (AvgIpc) is 3.16. The molecule has 2 fully saturated rings. The third-order valence-electron chi connectivity index (χ3n) is 4.98. The van der Waals surface area contributed by atoms with Crippen molar-refractivity contribution in [2.24, 2.45) is 0 Å². The summed E-state index contributed by atoms with van der Waals surface area (Å²) in [6.45, 7) is 3.60. The zero-order valence-electron chi connectivity index (χ0n) is 14.7. The molecule has 2 saturated heterocycles. The summed E-state index contributed by atoms with van der Waals surface area (Å²) in [5.41, 5.74) is 2.52. The van der Waals surface area contributed by atoms with Crippen molar-refractivity contribution in [3.05, 3.63) is 59.9 Å². The molecule has 2 aromatic rings. The van der Waals surface area contributed by atoms with Crippen LogP contribution in [0.1, 0.15) is 28.9 Å². The lowest BCUT2D eigenvalue weighted by atomic mass is 10.0. The largest absolute Gasteiger partial charge is 0.370 e. The van der Waals surface area contributed by atoms with E-state index in [0.717, 1.165) is 37.2 Å². The van der Waals surface area contributed by atoms with E-state index in [1.807, 2.05) is 36.4 Å². The molecule has 6 heteroatoms. The van der Waals surface area contributed by atoms with Gasteiger partial charge in [0.15, 0.2) is 5.79 Å². The van der Waals surface area contributed by atoms with Crippen LogP contribution in [0.25, 0.3) is 0 Å². The third-order valence-corrected chi connectivity index (χ3v) is 4.98. The third kappa shape index (κ3) is 3.71. The number of anilines is 1.